The topological polar surface area (TPSA) is 82.6 Å². The Morgan fingerprint density at radius 2 is 1.74 bits per heavy atom. The maximum atomic E-state index is 12.7. The lowest BCUT2D eigenvalue weighted by Gasteiger charge is -2.35. The molecule has 1 aromatic rings. The monoisotopic (exact) mass is 319 g/mol. The molecular formula is C16H25N5O2. The Morgan fingerprint density at radius 1 is 1.09 bits per heavy atom. The summed E-state index contributed by atoms with van der Waals surface area (Å²) in [5.74, 6) is 0.179. The van der Waals surface area contributed by atoms with E-state index in [1.807, 2.05) is 31.1 Å². The number of nitrogens with one attached hydrogen (secondary N) is 3. The van der Waals surface area contributed by atoms with Crippen LogP contribution >= 0.6 is 0 Å². The zero-order valence-electron chi connectivity index (χ0n) is 13.8. The van der Waals surface area contributed by atoms with E-state index in [9.17, 15) is 10.4 Å². The third-order valence-electron chi connectivity index (χ3n) is 4.49. The second-order valence-corrected chi connectivity index (χ2v) is 6.54. The molecule has 2 atom stereocenters. The Hall–Kier alpha value is -1.51. The summed E-state index contributed by atoms with van der Waals surface area (Å²) in [7, 11) is 3.90. The molecule has 7 nitrogen and oxygen atoms in total. The summed E-state index contributed by atoms with van der Waals surface area (Å²) in [6.07, 6.45) is 5.49. The van der Waals surface area contributed by atoms with Crippen LogP contribution in [0.25, 0.3) is 0 Å². The van der Waals surface area contributed by atoms with Gasteiger partial charge in [0.15, 0.2) is 0 Å². The Kier molecular flexibility index (Phi) is 4.93. The van der Waals surface area contributed by atoms with Crippen molar-refractivity contribution >= 4 is 17.3 Å². The molecule has 0 bridgehead atoms. The van der Waals surface area contributed by atoms with E-state index in [4.69, 9.17) is 0 Å². The van der Waals surface area contributed by atoms with Crippen LogP contribution in [-0.2, 0) is 12.8 Å². The molecule has 0 saturated carbocycles. The Morgan fingerprint density at radius 3 is 2.39 bits per heavy atom. The highest BCUT2D eigenvalue weighted by Crippen LogP contribution is 2.27. The molecule has 0 amide bonds. The number of nitrogens with zero attached hydrogens (tertiary/aromatic N) is 2. The number of likely N-dealkylation sites (N-methyl/N-ethyl adjacent to an activating group) is 1. The Balaban J connectivity index is 1.89. The first-order valence-electron chi connectivity index (χ1n) is 8.27. The number of hydroxylamine groups is 1. The Bertz CT molecular complexity index is 602. The average molecular weight is 319 g/mol. The van der Waals surface area contributed by atoms with Gasteiger partial charge in [-0.05, 0) is 50.9 Å². The molecule has 0 spiro atoms. The first kappa shape index (κ1) is 16.4. The van der Waals surface area contributed by atoms with E-state index in [1.165, 1.54) is 17.5 Å². The first-order valence-corrected chi connectivity index (χ1v) is 8.27. The number of hydrogen-bond donors (Lipinski definition) is 3. The largest absolute Gasteiger partial charge is 0.621 e. The van der Waals surface area contributed by atoms with Crippen molar-refractivity contribution in [2.45, 2.75) is 32.1 Å². The van der Waals surface area contributed by atoms with Crippen LogP contribution in [0, 0.1) is 10.4 Å². The normalized spacial score (nSPS) is 25.7. The maximum absolute atomic E-state index is 12.7. The van der Waals surface area contributed by atoms with Crippen LogP contribution in [0.15, 0.2) is 17.1 Å². The maximum Gasteiger partial charge on any atom is 0.347 e. The van der Waals surface area contributed by atoms with Crippen LogP contribution in [0.2, 0.25) is 0 Å². The van der Waals surface area contributed by atoms with Gasteiger partial charge in [0, 0.05) is 18.7 Å². The molecule has 7 heteroatoms. The first-order chi connectivity index (χ1) is 11.1. The van der Waals surface area contributed by atoms with Crippen molar-refractivity contribution in [3.05, 3.63) is 33.7 Å². The third kappa shape index (κ3) is 3.54. The lowest BCUT2D eigenvalue weighted by atomic mass is 10.0. The van der Waals surface area contributed by atoms with E-state index >= 15 is 0 Å². The van der Waals surface area contributed by atoms with Crippen molar-refractivity contribution in [1.82, 2.24) is 10.3 Å². The van der Waals surface area contributed by atoms with Crippen LogP contribution in [-0.4, -0.2) is 38.0 Å². The van der Waals surface area contributed by atoms with Crippen LogP contribution < -0.4 is 15.7 Å². The predicted molar refractivity (Wildman–Crippen MR) is 89.7 cm³/mol. The molecule has 1 aliphatic heterocycles. The molecule has 0 radical (unpaired) electrons. The van der Waals surface area contributed by atoms with Gasteiger partial charge in [0.25, 0.3) is 0 Å². The molecule has 1 aliphatic carbocycles. The van der Waals surface area contributed by atoms with Gasteiger partial charge in [-0.1, -0.05) is 6.42 Å². The number of benzene rings is 1. The van der Waals surface area contributed by atoms with Crippen molar-refractivity contribution in [2.24, 2.45) is 4.99 Å². The minimum Gasteiger partial charge on any atom is -0.621 e. The van der Waals surface area contributed by atoms with Gasteiger partial charge in [-0.2, -0.15) is 5.43 Å². The molecule has 1 heterocycles. The van der Waals surface area contributed by atoms with E-state index in [1.54, 1.807) is 0 Å². The average Bonchev–Trinajstić information content (AvgIpc) is 2.75. The van der Waals surface area contributed by atoms with Crippen molar-refractivity contribution in [3.8, 4) is 0 Å². The summed E-state index contributed by atoms with van der Waals surface area (Å²) >= 11 is 0. The molecule has 3 N–H and O–H groups in total. The van der Waals surface area contributed by atoms with Crippen molar-refractivity contribution < 1.29 is 10.2 Å². The predicted octanol–water partition coefficient (Wildman–Crippen LogP) is -0.580. The number of hydrogen-bond acceptors (Lipinski definition) is 4. The van der Waals surface area contributed by atoms with Crippen LogP contribution in [0.3, 0.4) is 0 Å². The summed E-state index contributed by atoms with van der Waals surface area (Å²) in [5, 5.41) is 24.6. The van der Waals surface area contributed by atoms with E-state index in [0.717, 1.165) is 32.2 Å². The highest BCUT2D eigenvalue weighted by Gasteiger charge is 2.30. The second-order valence-electron chi connectivity index (χ2n) is 6.54. The molecule has 23 heavy (non-hydrogen) atoms. The van der Waals surface area contributed by atoms with Gasteiger partial charge < -0.3 is 15.3 Å². The second kappa shape index (κ2) is 6.94. The minimum absolute atomic E-state index is 0.162. The van der Waals surface area contributed by atoms with Crippen LogP contribution in [0.1, 0.15) is 30.4 Å². The fourth-order valence-electron chi connectivity index (χ4n) is 3.17. The lowest BCUT2D eigenvalue weighted by Crippen LogP contribution is -3.24. The van der Waals surface area contributed by atoms with E-state index < -0.39 is 0 Å². The van der Waals surface area contributed by atoms with Crippen molar-refractivity contribution in [1.29, 1.82) is 0 Å². The molecule has 0 aromatic heterocycles. The van der Waals surface area contributed by atoms with E-state index in [2.05, 4.69) is 10.4 Å². The molecule has 126 valence electrons. The highest BCUT2D eigenvalue weighted by molar-refractivity contribution is 5.76. The number of guanidine groups is 1. The molecule has 0 fully saturated rings. The standard InChI is InChI=1S/C16H25N5O2/c1-19(2)9-8-17-16-18-21(23)15-11-13-7-5-3-4-6-12(13)10-14(15)20(16)22/h10-11,20-21H,3-9H2,1-2H3,(H,17,18). The van der Waals surface area contributed by atoms with Gasteiger partial charge in [0.1, 0.15) is 0 Å². The van der Waals surface area contributed by atoms with Crippen molar-refractivity contribution in [2.75, 3.05) is 27.2 Å². The number of rotatable bonds is 3. The van der Waals surface area contributed by atoms with Crippen LogP contribution in [0.5, 0.6) is 0 Å². The quantitative estimate of drug-likeness (QED) is 0.514. The Labute approximate surface area is 136 Å². The molecule has 0 saturated heterocycles. The van der Waals surface area contributed by atoms with Gasteiger partial charge >= 0.3 is 5.96 Å². The number of aliphatic imine (C=N–C) groups is 1. The fraction of sp³-hybridized carbons (Fsp3) is 0.562. The summed E-state index contributed by atoms with van der Waals surface area (Å²) < 4.78 is 0. The van der Waals surface area contributed by atoms with Gasteiger partial charge in [-0.15, -0.1) is 0 Å². The van der Waals surface area contributed by atoms with E-state index in [0.29, 0.717) is 17.9 Å². The van der Waals surface area contributed by atoms with E-state index in [-0.39, 0.29) is 16.2 Å². The highest BCUT2D eigenvalue weighted by atomic mass is 16.6. The van der Waals surface area contributed by atoms with Gasteiger partial charge in [0.2, 0.25) is 11.4 Å². The smallest absolute Gasteiger partial charge is 0.347 e. The minimum atomic E-state index is -0.213. The summed E-state index contributed by atoms with van der Waals surface area (Å²) in [5.41, 5.74) is 6.11. The molecular weight excluding hydrogens is 294 g/mol. The number of quaternary nitrogens is 2. The van der Waals surface area contributed by atoms with Crippen LogP contribution in [0.4, 0.5) is 11.4 Å². The summed E-state index contributed by atoms with van der Waals surface area (Å²) in [4.78, 5) is 6.27. The SMILES string of the molecule is CN(C)CCN=C1N[NH+]([O-])c2cc3c(cc2[NH+]1[O-])CCCCC3. The molecule has 2 unspecified atom stereocenters. The number of fused-ring (bicyclic) bond motifs is 2. The van der Waals surface area contributed by atoms with Gasteiger partial charge in [0.05, 0.1) is 6.54 Å². The lowest BCUT2D eigenvalue weighted by molar-refractivity contribution is -0.851. The summed E-state index contributed by atoms with van der Waals surface area (Å²) in [6, 6.07) is 3.85. The third-order valence-corrected chi connectivity index (χ3v) is 4.49. The van der Waals surface area contributed by atoms with Gasteiger partial charge in [-0.3, -0.25) is 5.06 Å². The number of aryl methyl sites for hydroxylation is 2. The zero-order valence-corrected chi connectivity index (χ0v) is 13.8. The molecule has 2 aliphatic rings. The van der Waals surface area contributed by atoms with Crippen molar-refractivity contribution in [3.63, 3.8) is 0 Å². The summed E-state index contributed by atoms with van der Waals surface area (Å²) in [6.45, 7) is 1.23. The molecule has 3 rings (SSSR count). The zero-order chi connectivity index (χ0) is 16.4. The van der Waals surface area contributed by atoms with Gasteiger partial charge in [-0.25, -0.2) is 10.2 Å². The fourth-order valence-corrected chi connectivity index (χ4v) is 3.17. The molecule has 1 aromatic carbocycles.